The van der Waals surface area contributed by atoms with E-state index in [-0.39, 0.29) is 23.7 Å². The van der Waals surface area contributed by atoms with Crippen LogP contribution in [-0.2, 0) is 4.79 Å². The Morgan fingerprint density at radius 1 is 1.41 bits per heavy atom. The molecule has 0 fully saturated rings. The predicted molar refractivity (Wildman–Crippen MR) is 57.6 cm³/mol. The minimum Gasteiger partial charge on any atom is -0.478 e. The fraction of sp³-hybridized carbons (Fsp3) is 0.200. The molecule has 7 heteroatoms. The molecule has 0 bridgehead atoms. The zero-order chi connectivity index (χ0) is 12.8. The van der Waals surface area contributed by atoms with E-state index >= 15 is 0 Å². The van der Waals surface area contributed by atoms with E-state index in [0.717, 1.165) is 0 Å². The molecule has 1 aromatic heterocycles. The summed E-state index contributed by atoms with van der Waals surface area (Å²) in [5, 5.41) is 13.4. The molecule has 0 atom stereocenters. The minimum atomic E-state index is -1.25. The molecule has 0 aliphatic rings. The van der Waals surface area contributed by atoms with Gasteiger partial charge in [-0.2, -0.15) is 0 Å². The van der Waals surface area contributed by atoms with Crippen molar-refractivity contribution in [2.45, 2.75) is 0 Å². The number of hydrogen-bond acceptors (Lipinski definition) is 4. The summed E-state index contributed by atoms with van der Waals surface area (Å²) in [5.41, 5.74) is -0.425. The fourth-order valence-electron chi connectivity index (χ4n) is 1.09. The number of aromatic carboxylic acids is 1. The second kappa shape index (κ2) is 5.59. The van der Waals surface area contributed by atoms with Crippen LogP contribution in [0, 0.1) is 0 Å². The third-order valence-corrected chi connectivity index (χ3v) is 1.94. The summed E-state index contributed by atoms with van der Waals surface area (Å²) in [7, 11) is 1.43. The van der Waals surface area contributed by atoms with Crippen LogP contribution in [0.1, 0.15) is 20.8 Å². The number of rotatable bonds is 4. The summed E-state index contributed by atoms with van der Waals surface area (Å²) >= 11 is 0. The number of nitrogens with zero attached hydrogens (tertiary/aromatic N) is 1. The van der Waals surface area contributed by atoms with Crippen molar-refractivity contribution in [2.75, 3.05) is 13.6 Å². The molecule has 0 saturated heterocycles. The van der Waals surface area contributed by atoms with Gasteiger partial charge in [0.25, 0.3) is 5.91 Å². The molecule has 0 aromatic carbocycles. The van der Waals surface area contributed by atoms with Crippen molar-refractivity contribution in [3.63, 3.8) is 0 Å². The van der Waals surface area contributed by atoms with Crippen molar-refractivity contribution >= 4 is 17.8 Å². The van der Waals surface area contributed by atoms with Gasteiger partial charge in [-0.1, -0.05) is 0 Å². The van der Waals surface area contributed by atoms with Crippen molar-refractivity contribution < 1.29 is 19.5 Å². The molecule has 0 saturated carbocycles. The van der Waals surface area contributed by atoms with E-state index < -0.39 is 11.9 Å². The highest BCUT2D eigenvalue weighted by Gasteiger charge is 2.17. The van der Waals surface area contributed by atoms with Crippen LogP contribution in [0.25, 0.3) is 0 Å². The summed E-state index contributed by atoms with van der Waals surface area (Å²) in [4.78, 5) is 37.0. The predicted octanol–water partition coefficient (Wildman–Crippen LogP) is -0.744. The van der Waals surface area contributed by atoms with Crippen LogP contribution in [0.5, 0.6) is 0 Å². The van der Waals surface area contributed by atoms with E-state index in [2.05, 4.69) is 15.6 Å². The number of nitrogens with one attached hydrogen (secondary N) is 2. The Bertz CT molecular complexity index is 459. The standard InChI is InChI=1S/C10H11N3O4/c1-11-7(14)5-13-9(15)8-6(10(16)17)3-2-4-12-8/h2-4H,5H2,1H3,(H,11,14)(H,13,15)(H,16,17). The van der Waals surface area contributed by atoms with Crippen molar-refractivity contribution in [1.82, 2.24) is 15.6 Å². The lowest BCUT2D eigenvalue weighted by Crippen LogP contribution is -2.36. The number of hydrogen-bond donors (Lipinski definition) is 3. The number of carbonyl (C=O) groups is 3. The summed E-state index contributed by atoms with van der Waals surface area (Å²) in [5.74, 6) is -2.33. The maximum absolute atomic E-state index is 11.6. The maximum Gasteiger partial charge on any atom is 0.338 e. The Morgan fingerprint density at radius 2 is 2.12 bits per heavy atom. The molecular weight excluding hydrogens is 226 g/mol. The van der Waals surface area contributed by atoms with Crippen LogP contribution in [0.4, 0.5) is 0 Å². The quantitative estimate of drug-likeness (QED) is 0.638. The first-order chi connectivity index (χ1) is 8.06. The molecule has 0 unspecified atom stereocenters. The van der Waals surface area contributed by atoms with Gasteiger partial charge >= 0.3 is 5.97 Å². The van der Waals surface area contributed by atoms with Crippen LogP contribution in [-0.4, -0.2) is 41.5 Å². The number of aromatic nitrogens is 1. The molecule has 0 aliphatic heterocycles. The van der Waals surface area contributed by atoms with Gasteiger partial charge < -0.3 is 15.7 Å². The van der Waals surface area contributed by atoms with Crippen molar-refractivity contribution in [3.05, 3.63) is 29.6 Å². The molecule has 3 N–H and O–H groups in total. The fourth-order valence-corrected chi connectivity index (χ4v) is 1.09. The number of amides is 2. The van der Waals surface area contributed by atoms with Crippen LogP contribution < -0.4 is 10.6 Å². The van der Waals surface area contributed by atoms with Crippen molar-refractivity contribution in [1.29, 1.82) is 0 Å². The molecule has 0 radical (unpaired) electrons. The normalized spacial score (nSPS) is 9.47. The zero-order valence-electron chi connectivity index (χ0n) is 9.06. The Morgan fingerprint density at radius 3 is 2.71 bits per heavy atom. The van der Waals surface area contributed by atoms with Gasteiger partial charge in [-0.15, -0.1) is 0 Å². The van der Waals surface area contributed by atoms with Crippen molar-refractivity contribution in [3.8, 4) is 0 Å². The second-order valence-corrected chi connectivity index (χ2v) is 3.06. The first kappa shape index (κ1) is 12.6. The van der Waals surface area contributed by atoms with E-state index in [1.165, 1.54) is 25.4 Å². The van der Waals surface area contributed by atoms with Gasteiger partial charge in [0.1, 0.15) is 5.69 Å². The smallest absolute Gasteiger partial charge is 0.338 e. The molecule has 17 heavy (non-hydrogen) atoms. The van der Waals surface area contributed by atoms with Gasteiger partial charge in [0.05, 0.1) is 12.1 Å². The molecule has 1 aromatic rings. The highest BCUT2D eigenvalue weighted by Crippen LogP contribution is 2.04. The molecular formula is C10H11N3O4. The van der Waals surface area contributed by atoms with E-state index in [0.29, 0.717) is 0 Å². The second-order valence-electron chi connectivity index (χ2n) is 3.06. The van der Waals surface area contributed by atoms with Crippen LogP contribution in [0.3, 0.4) is 0 Å². The number of carboxylic acid groups (broad SMARTS) is 1. The maximum atomic E-state index is 11.6. The van der Waals surface area contributed by atoms with Gasteiger partial charge in [-0.25, -0.2) is 4.79 Å². The lowest BCUT2D eigenvalue weighted by molar-refractivity contribution is -0.119. The largest absolute Gasteiger partial charge is 0.478 e. The number of carboxylic acids is 1. The third-order valence-electron chi connectivity index (χ3n) is 1.94. The number of pyridine rings is 1. The monoisotopic (exact) mass is 237 g/mol. The summed E-state index contributed by atoms with van der Waals surface area (Å²) < 4.78 is 0. The molecule has 2 amide bonds. The Hall–Kier alpha value is -2.44. The first-order valence-corrected chi connectivity index (χ1v) is 4.73. The van der Waals surface area contributed by atoms with Gasteiger partial charge in [0.15, 0.2) is 0 Å². The minimum absolute atomic E-state index is 0.207. The Kier molecular flexibility index (Phi) is 4.15. The Balaban J connectivity index is 2.82. The third kappa shape index (κ3) is 3.26. The number of likely N-dealkylation sites (N-methyl/N-ethyl adjacent to an activating group) is 1. The van der Waals surface area contributed by atoms with Gasteiger partial charge in [0, 0.05) is 13.2 Å². The molecule has 1 rings (SSSR count). The number of carbonyl (C=O) groups excluding carboxylic acids is 2. The molecule has 90 valence electrons. The average Bonchev–Trinajstić information content (AvgIpc) is 2.35. The van der Waals surface area contributed by atoms with Crippen LogP contribution in [0.15, 0.2) is 18.3 Å². The summed E-state index contributed by atoms with van der Waals surface area (Å²) in [6, 6.07) is 2.68. The zero-order valence-corrected chi connectivity index (χ0v) is 9.06. The van der Waals surface area contributed by atoms with Gasteiger partial charge in [-0.05, 0) is 12.1 Å². The lowest BCUT2D eigenvalue weighted by atomic mass is 10.2. The molecule has 7 nitrogen and oxygen atoms in total. The highest BCUT2D eigenvalue weighted by atomic mass is 16.4. The van der Waals surface area contributed by atoms with Crippen molar-refractivity contribution in [2.24, 2.45) is 0 Å². The lowest BCUT2D eigenvalue weighted by Gasteiger charge is -2.05. The van der Waals surface area contributed by atoms with Gasteiger partial charge in [0.2, 0.25) is 5.91 Å². The summed E-state index contributed by atoms with van der Waals surface area (Å²) in [6.45, 7) is -0.231. The first-order valence-electron chi connectivity index (χ1n) is 4.73. The van der Waals surface area contributed by atoms with Gasteiger partial charge in [-0.3, -0.25) is 14.6 Å². The summed E-state index contributed by atoms with van der Waals surface area (Å²) in [6.07, 6.45) is 1.31. The van der Waals surface area contributed by atoms with E-state index in [4.69, 9.17) is 5.11 Å². The van der Waals surface area contributed by atoms with E-state index in [1.54, 1.807) is 0 Å². The molecule has 1 heterocycles. The molecule has 0 spiro atoms. The van der Waals surface area contributed by atoms with Crippen LogP contribution in [0.2, 0.25) is 0 Å². The average molecular weight is 237 g/mol. The molecule has 0 aliphatic carbocycles. The van der Waals surface area contributed by atoms with Crippen LogP contribution >= 0.6 is 0 Å². The topological polar surface area (TPSA) is 108 Å². The Labute approximate surface area is 96.9 Å². The SMILES string of the molecule is CNC(=O)CNC(=O)c1ncccc1C(=O)O. The highest BCUT2D eigenvalue weighted by molar-refractivity contribution is 6.04. The van der Waals surface area contributed by atoms with E-state index in [9.17, 15) is 14.4 Å². The van der Waals surface area contributed by atoms with E-state index in [1.807, 2.05) is 0 Å².